The van der Waals surface area contributed by atoms with Crippen LogP contribution in [0.4, 0.5) is 0 Å². The van der Waals surface area contributed by atoms with Gasteiger partial charge in [-0.2, -0.15) is 0 Å². The van der Waals surface area contributed by atoms with Gasteiger partial charge in [-0.15, -0.1) is 0 Å². The molecule has 0 bridgehead atoms. The van der Waals surface area contributed by atoms with Crippen molar-refractivity contribution in [2.45, 2.75) is 25.9 Å². The number of aromatic nitrogens is 1. The molecule has 0 fully saturated rings. The second-order valence-corrected chi connectivity index (χ2v) is 5.91. The third kappa shape index (κ3) is 1.72. The number of hydrogen-bond acceptors (Lipinski definition) is 3. The number of hydrogen-bond donors (Lipinski definition) is 1. The zero-order valence-corrected chi connectivity index (χ0v) is 12.1. The fraction of sp³-hybridized carbons (Fsp3) is 0.286. The van der Waals surface area contributed by atoms with E-state index in [9.17, 15) is 9.90 Å². The van der Waals surface area contributed by atoms with Gasteiger partial charge in [0.15, 0.2) is 0 Å². The molecule has 0 spiro atoms. The molecule has 19 heavy (non-hydrogen) atoms. The summed E-state index contributed by atoms with van der Waals surface area (Å²) in [6.07, 6.45) is 3.78. The molecule has 5 heteroatoms. The fourth-order valence-corrected chi connectivity index (χ4v) is 3.72. The van der Waals surface area contributed by atoms with Crippen molar-refractivity contribution in [1.29, 1.82) is 0 Å². The van der Waals surface area contributed by atoms with E-state index in [1.165, 1.54) is 0 Å². The van der Waals surface area contributed by atoms with Crippen molar-refractivity contribution in [3.05, 3.63) is 39.7 Å². The molecule has 0 amide bonds. The monoisotopic (exact) mass is 321 g/mol. The van der Waals surface area contributed by atoms with Gasteiger partial charge in [-0.3, -0.25) is 4.98 Å². The molecule has 1 N–H and O–H groups in total. The van der Waals surface area contributed by atoms with Crippen LogP contribution in [0.15, 0.2) is 34.1 Å². The summed E-state index contributed by atoms with van der Waals surface area (Å²) < 4.78 is 6.60. The van der Waals surface area contributed by atoms with Crippen LogP contribution in [0.1, 0.15) is 25.8 Å². The first kappa shape index (κ1) is 12.4. The Bertz CT molecular complexity index is 658. The first-order chi connectivity index (χ1) is 8.92. The van der Waals surface area contributed by atoms with Gasteiger partial charge in [0.05, 0.1) is 11.8 Å². The summed E-state index contributed by atoms with van der Waals surface area (Å²) in [4.78, 5) is 15.4. The lowest BCUT2D eigenvalue weighted by Crippen LogP contribution is -2.34. The first-order valence-corrected chi connectivity index (χ1v) is 6.70. The SMILES string of the molecule is CC1(C)Oc2cnccc2C2=C1C(Br)=C(C(=O)O)C2. The minimum Gasteiger partial charge on any atom is -0.481 e. The van der Waals surface area contributed by atoms with E-state index in [2.05, 4.69) is 20.9 Å². The quantitative estimate of drug-likeness (QED) is 0.863. The zero-order chi connectivity index (χ0) is 13.8. The van der Waals surface area contributed by atoms with Crippen molar-refractivity contribution in [1.82, 2.24) is 4.98 Å². The van der Waals surface area contributed by atoms with E-state index in [4.69, 9.17) is 4.74 Å². The van der Waals surface area contributed by atoms with Crippen LogP contribution in [0, 0.1) is 0 Å². The number of ether oxygens (including phenoxy) is 1. The van der Waals surface area contributed by atoms with E-state index < -0.39 is 11.6 Å². The van der Waals surface area contributed by atoms with Crippen LogP contribution in [-0.4, -0.2) is 21.7 Å². The Kier molecular flexibility index (Phi) is 2.57. The van der Waals surface area contributed by atoms with Gasteiger partial charge in [-0.25, -0.2) is 4.79 Å². The van der Waals surface area contributed by atoms with Gasteiger partial charge in [0.1, 0.15) is 11.4 Å². The third-order valence-corrected chi connectivity index (χ3v) is 4.35. The maximum atomic E-state index is 11.3. The van der Waals surface area contributed by atoms with Crippen molar-refractivity contribution in [2.24, 2.45) is 0 Å². The highest BCUT2D eigenvalue weighted by atomic mass is 79.9. The van der Waals surface area contributed by atoms with Crippen LogP contribution in [0.25, 0.3) is 5.57 Å². The highest BCUT2D eigenvalue weighted by Crippen LogP contribution is 2.51. The summed E-state index contributed by atoms with van der Waals surface area (Å²) >= 11 is 3.42. The van der Waals surface area contributed by atoms with Crippen LogP contribution in [0.3, 0.4) is 0 Å². The number of pyridine rings is 1. The van der Waals surface area contributed by atoms with Gasteiger partial charge < -0.3 is 9.84 Å². The van der Waals surface area contributed by atoms with Gasteiger partial charge in [0, 0.05) is 28.2 Å². The Morgan fingerprint density at radius 3 is 2.95 bits per heavy atom. The molecule has 3 rings (SSSR count). The lowest BCUT2D eigenvalue weighted by molar-refractivity contribution is -0.132. The van der Waals surface area contributed by atoms with Crippen molar-refractivity contribution in [2.75, 3.05) is 0 Å². The molecular formula is C14H12BrNO3. The number of allylic oxidation sites excluding steroid dienone is 1. The molecule has 2 aliphatic rings. The van der Waals surface area contributed by atoms with Crippen LogP contribution in [-0.2, 0) is 4.79 Å². The predicted octanol–water partition coefficient (Wildman–Crippen LogP) is 3.14. The lowest BCUT2D eigenvalue weighted by Gasteiger charge is -2.34. The molecule has 4 nitrogen and oxygen atoms in total. The molecule has 0 saturated heterocycles. The Labute approximate surface area is 118 Å². The van der Waals surface area contributed by atoms with Crippen LogP contribution in [0.5, 0.6) is 5.75 Å². The molecule has 1 aromatic heterocycles. The molecule has 0 atom stereocenters. The second kappa shape index (κ2) is 3.93. The number of carboxylic acids is 1. The molecule has 2 heterocycles. The highest BCUT2D eigenvalue weighted by Gasteiger charge is 2.42. The number of fused-ring (bicyclic) bond motifs is 2. The second-order valence-electron chi connectivity index (χ2n) is 5.11. The van der Waals surface area contributed by atoms with Crippen LogP contribution < -0.4 is 4.74 Å². The van der Waals surface area contributed by atoms with Crippen molar-refractivity contribution < 1.29 is 14.6 Å². The molecule has 1 aliphatic heterocycles. The van der Waals surface area contributed by atoms with E-state index in [0.717, 1.165) is 16.7 Å². The van der Waals surface area contributed by atoms with Crippen LogP contribution in [0.2, 0.25) is 0 Å². The molecule has 1 aliphatic carbocycles. The molecule has 0 aromatic carbocycles. The molecule has 1 aromatic rings. The van der Waals surface area contributed by atoms with E-state index in [0.29, 0.717) is 22.2 Å². The number of aliphatic carboxylic acids is 1. The molecule has 98 valence electrons. The smallest absolute Gasteiger partial charge is 0.333 e. The highest BCUT2D eigenvalue weighted by molar-refractivity contribution is 9.12. The zero-order valence-electron chi connectivity index (χ0n) is 10.5. The number of halogens is 1. The molecular weight excluding hydrogens is 310 g/mol. The summed E-state index contributed by atoms with van der Waals surface area (Å²) in [7, 11) is 0. The topological polar surface area (TPSA) is 59.4 Å². The summed E-state index contributed by atoms with van der Waals surface area (Å²) in [5.74, 6) is -0.189. The van der Waals surface area contributed by atoms with Crippen molar-refractivity contribution in [3.63, 3.8) is 0 Å². The average molecular weight is 322 g/mol. The van der Waals surface area contributed by atoms with E-state index in [1.54, 1.807) is 12.4 Å². The third-order valence-electron chi connectivity index (χ3n) is 3.47. The number of rotatable bonds is 1. The summed E-state index contributed by atoms with van der Waals surface area (Å²) in [5.41, 5.74) is 2.67. The van der Waals surface area contributed by atoms with Gasteiger partial charge in [-0.05, 0) is 41.4 Å². The Morgan fingerprint density at radius 2 is 2.26 bits per heavy atom. The predicted molar refractivity (Wildman–Crippen MR) is 74.1 cm³/mol. The number of carbonyl (C=O) groups is 1. The van der Waals surface area contributed by atoms with Gasteiger partial charge in [0.25, 0.3) is 0 Å². The largest absolute Gasteiger partial charge is 0.481 e. The Balaban J connectivity index is 2.23. The average Bonchev–Trinajstić information content (AvgIpc) is 2.68. The normalized spacial score (nSPS) is 19.9. The van der Waals surface area contributed by atoms with Gasteiger partial charge in [-0.1, -0.05) is 0 Å². The maximum Gasteiger partial charge on any atom is 0.333 e. The van der Waals surface area contributed by atoms with E-state index in [-0.39, 0.29) is 0 Å². The molecule has 0 saturated carbocycles. The Hall–Kier alpha value is -1.62. The van der Waals surface area contributed by atoms with Gasteiger partial charge >= 0.3 is 5.97 Å². The number of carboxylic acid groups (broad SMARTS) is 1. The fourth-order valence-electron chi connectivity index (χ4n) is 2.69. The summed E-state index contributed by atoms with van der Waals surface area (Å²) in [6.45, 7) is 3.87. The van der Waals surface area contributed by atoms with Gasteiger partial charge in [0.2, 0.25) is 0 Å². The summed E-state index contributed by atoms with van der Waals surface area (Å²) in [6, 6.07) is 1.87. The van der Waals surface area contributed by atoms with Crippen molar-refractivity contribution >= 4 is 27.5 Å². The molecule has 0 unspecified atom stereocenters. The van der Waals surface area contributed by atoms with E-state index >= 15 is 0 Å². The lowest BCUT2D eigenvalue weighted by atomic mass is 9.88. The molecule has 0 radical (unpaired) electrons. The standard InChI is InChI=1S/C14H12BrNO3/c1-14(2)11-8(5-9(12(11)15)13(17)18)7-3-4-16-6-10(7)19-14/h3-4,6H,5H2,1-2H3,(H,17,18). The minimum absolute atomic E-state index is 0.381. The van der Waals surface area contributed by atoms with Crippen LogP contribution >= 0.6 is 15.9 Å². The summed E-state index contributed by atoms with van der Waals surface area (Å²) in [5, 5.41) is 9.28. The Morgan fingerprint density at radius 1 is 1.53 bits per heavy atom. The maximum absolute atomic E-state index is 11.3. The first-order valence-electron chi connectivity index (χ1n) is 5.91. The number of nitrogens with zero attached hydrogens (tertiary/aromatic N) is 1. The van der Waals surface area contributed by atoms with Crippen molar-refractivity contribution in [3.8, 4) is 5.75 Å². The van der Waals surface area contributed by atoms with E-state index in [1.807, 2.05) is 19.9 Å². The minimum atomic E-state index is -0.896.